The van der Waals surface area contributed by atoms with Crippen molar-refractivity contribution in [3.05, 3.63) is 194 Å². The van der Waals surface area contributed by atoms with Crippen LogP contribution in [0.25, 0.3) is 111 Å². The normalized spacial score (nSPS) is 11.9. The van der Waals surface area contributed by atoms with E-state index in [0.717, 1.165) is 83.2 Å². The number of nitrogens with zero attached hydrogens (tertiary/aromatic N) is 4. The molecule has 0 spiro atoms. The second kappa shape index (κ2) is 12.4. The molecule has 5 heteroatoms. The summed E-state index contributed by atoms with van der Waals surface area (Å²) in [7, 11) is 0. The van der Waals surface area contributed by atoms with Crippen molar-refractivity contribution in [1.82, 2.24) is 19.1 Å². The number of fused-ring (bicyclic) bond motifs is 9. The maximum Gasteiger partial charge on any atom is 0.162 e. The molecule has 4 heterocycles. The van der Waals surface area contributed by atoms with Crippen LogP contribution in [0.15, 0.2) is 199 Å². The molecule has 0 atom stereocenters. The molecule has 0 bridgehead atoms. The predicted molar refractivity (Wildman–Crippen MR) is 234 cm³/mol. The van der Waals surface area contributed by atoms with Crippen molar-refractivity contribution in [1.29, 1.82) is 0 Å². The number of hydrogen-bond donors (Lipinski definition) is 0. The number of aromatic nitrogens is 4. The number of hydrogen-bond acceptors (Lipinski definition) is 3. The van der Waals surface area contributed by atoms with Crippen molar-refractivity contribution in [2.75, 3.05) is 0 Å². The van der Waals surface area contributed by atoms with Crippen molar-refractivity contribution < 1.29 is 4.42 Å². The Bertz CT molecular complexity index is 3480. The largest absolute Gasteiger partial charge is 0.455 e. The molecule has 12 rings (SSSR count). The van der Waals surface area contributed by atoms with E-state index < -0.39 is 0 Å². The van der Waals surface area contributed by atoms with Crippen molar-refractivity contribution >= 4 is 65.7 Å². The molecule has 0 fully saturated rings. The lowest BCUT2D eigenvalue weighted by Crippen LogP contribution is -1.99. The highest BCUT2D eigenvalue weighted by atomic mass is 16.3. The lowest BCUT2D eigenvalue weighted by Gasteiger charge is -2.12. The van der Waals surface area contributed by atoms with Crippen LogP contribution in [-0.4, -0.2) is 19.1 Å². The Morgan fingerprint density at radius 1 is 0.386 bits per heavy atom. The monoisotopic (exact) mass is 728 g/mol. The fraction of sp³-hybridized carbons (Fsp3) is 0. The van der Waals surface area contributed by atoms with Gasteiger partial charge >= 0.3 is 0 Å². The van der Waals surface area contributed by atoms with Crippen LogP contribution in [0, 0.1) is 0 Å². The predicted octanol–water partition coefficient (Wildman–Crippen LogP) is 13.6. The van der Waals surface area contributed by atoms with Crippen LogP contribution in [0.1, 0.15) is 0 Å². The zero-order valence-corrected chi connectivity index (χ0v) is 30.7. The maximum absolute atomic E-state index is 6.64. The number of furan rings is 1. The Kier molecular flexibility index (Phi) is 6.86. The Labute approximate surface area is 327 Å². The summed E-state index contributed by atoms with van der Waals surface area (Å²) in [5.74, 6) is 0.644. The quantitative estimate of drug-likeness (QED) is 0.177. The topological polar surface area (TPSA) is 48.8 Å². The third-order valence-electron chi connectivity index (χ3n) is 11.3. The Hall–Kier alpha value is -7.76. The summed E-state index contributed by atoms with van der Waals surface area (Å²) < 4.78 is 11.3. The lowest BCUT2D eigenvalue weighted by atomic mass is 10.0. The summed E-state index contributed by atoms with van der Waals surface area (Å²) in [4.78, 5) is 10.9. The molecule has 0 saturated carbocycles. The second-order valence-corrected chi connectivity index (χ2v) is 14.6. The van der Waals surface area contributed by atoms with Gasteiger partial charge in [-0.25, -0.2) is 9.97 Å². The molecule has 4 aromatic heterocycles. The maximum atomic E-state index is 6.64. The van der Waals surface area contributed by atoms with E-state index in [-0.39, 0.29) is 0 Å². The van der Waals surface area contributed by atoms with Gasteiger partial charge in [-0.1, -0.05) is 133 Å². The van der Waals surface area contributed by atoms with E-state index in [1.54, 1.807) is 0 Å². The summed E-state index contributed by atoms with van der Waals surface area (Å²) in [6.45, 7) is 0. The third-order valence-corrected chi connectivity index (χ3v) is 11.3. The molecule has 12 aromatic rings. The van der Waals surface area contributed by atoms with Gasteiger partial charge in [-0.3, -0.25) is 4.57 Å². The van der Waals surface area contributed by atoms with Crippen LogP contribution >= 0.6 is 0 Å². The zero-order valence-electron chi connectivity index (χ0n) is 30.7. The van der Waals surface area contributed by atoms with E-state index in [4.69, 9.17) is 14.4 Å². The standard InChI is InChI=1S/C52H32N4O/c1-2-18-36(19-3-1)56-46-29-10-6-24-42(46)48-49(43-26-14-25-41-40-23-7-11-30-47(40)57-50(41)43)53-51(54-52(48)56)35-17-12-15-33(31-35)34-16-13-20-37(32-34)55-44-27-8-4-21-38(44)39-22-5-9-28-45(39)55/h1-32H. The minimum Gasteiger partial charge on any atom is -0.455 e. The van der Waals surface area contributed by atoms with Gasteiger partial charge in [-0.15, -0.1) is 0 Å². The molecular formula is C52H32N4O. The van der Waals surface area contributed by atoms with E-state index >= 15 is 0 Å². The van der Waals surface area contributed by atoms with E-state index in [2.05, 4.69) is 185 Å². The molecular weight excluding hydrogens is 697 g/mol. The van der Waals surface area contributed by atoms with Crippen LogP contribution < -0.4 is 0 Å². The minimum atomic E-state index is 0.644. The molecule has 266 valence electrons. The highest BCUT2D eigenvalue weighted by Gasteiger charge is 2.23. The molecule has 0 saturated heterocycles. The Morgan fingerprint density at radius 2 is 0.947 bits per heavy atom. The Morgan fingerprint density at radius 3 is 1.72 bits per heavy atom. The molecule has 8 aromatic carbocycles. The Balaban J connectivity index is 1.09. The lowest BCUT2D eigenvalue weighted by molar-refractivity contribution is 0.670. The van der Waals surface area contributed by atoms with Crippen molar-refractivity contribution in [3.63, 3.8) is 0 Å². The molecule has 0 aliphatic carbocycles. The van der Waals surface area contributed by atoms with E-state index in [1.807, 2.05) is 18.2 Å². The van der Waals surface area contributed by atoms with Crippen LogP contribution in [0.4, 0.5) is 0 Å². The average Bonchev–Trinajstić information content (AvgIpc) is 3.94. The highest BCUT2D eigenvalue weighted by Crippen LogP contribution is 2.42. The van der Waals surface area contributed by atoms with E-state index in [1.165, 1.54) is 21.8 Å². The summed E-state index contributed by atoms with van der Waals surface area (Å²) in [6, 6.07) is 68.3. The molecule has 57 heavy (non-hydrogen) atoms. The highest BCUT2D eigenvalue weighted by molar-refractivity contribution is 6.18. The van der Waals surface area contributed by atoms with Gasteiger partial charge in [0, 0.05) is 49.4 Å². The van der Waals surface area contributed by atoms with Gasteiger partial charge in [0.2, 0.25) is 0 Å². The van der Waals surface area contributed by atoms with Crippen LogP contribution in [-0.2, 0) is 0 Å². The van der Waals surface area contributed by atoms with E-state index in [9.17, 15) is 0 Å². The first-order valence-electron chi connectivity index (χ1n) is 19.3. The van der Waals surface area contributed by atoms with Crippen molar-refractivity contribution in [2.45, 2.75) is 0 Å². The second-order valence-electron chi connectivity index (χ2n) is 14.6. The zero-order chi connectivity index (χ0) is 37.5. The number of benzene rings is 8. The fourth-order valence-corrected chi connectivity index (χ4v) is 8.81. The van der Waals surface area contributed by atoms with Crippen molar-refractivity contribution in [2.24, 2.45) is 0 Å². The summed E-state index contributed by atoms with van der Waals surface area (Å²) in [6.07, 6.45) is 0. The molecule has 5 nitrogen and oxygen atoms in total. The number of rotatable bonds is 5. The van der Waals surface area contributed by atoms with Crippen LogP contribution in [0.3, 0.4) is 0 Å². The molecule has 0 amide bonds. The van der Waals surface area contributed by atoms with Crippen LogP contribution in [0.2, 0.25) is 0 Å². The molecule has 0 aliphatic heterocycles. The minimum absolute atomic E-state index is 0.644. The van der Waals surface area contributed by atoms with E-state index in [0.29, 0.717) is 5.82 Å². The summed E-state index contributed by atoms with van der Waals surface area (Å²) in [5.41, 5.74) is 13.0. The molecule has 0 aliphatic rings. The first-order valence-corrected chi connectivity index (χ1v) is 19.3. The molecule has 0 unspecified atom stereocenters. The SMILES string of the molecule is c1ccc(-n2c3ccccc3c3c(-c4cccc5c4oc4ccccc45)nc(-c4cccc(-c5cccc(-n6c7ccccc7c7ccccc76)c5)c4)nc32)cc1. The van der Waals surface area contributed by atoms with Crippen LogP contribution in [0.5, 0.6) is 0 Å². The smallest absolute Gasteiger partial charge is 0.162 e. The first-order chi connectivity index (χ1) is 28.3. The van der Waals surface area contributed by atoms with Gasteiger partial charge in [0.1, 0.15) is 16.8 Å². The number of para-hydroxylation sites is 6. The van der Waals surface area contributed by atoms with Crippen molar-refractivity contribution in [3.8, 4) is 45.1 Å². The van der Waals surface area contributed by atoms with Gasteiger partial charge in [0.25, 0.3) is 0 Å². The molecule has 0 radical (unpaired) electrons. The molecule has 0 N–H and O–H groups in total. The van der Waals surface area contributed by atoms with Gasteiger partial charge in [0.05, 0.1) is 27.6 Å². The average molecular weight is 729 g/mol. The van der Waals surface area contributed by atoms with Gasteiger partial charge in [0.15, 0.2) is 5.82 Å². The fourth-order valence-electron chi connectivity index (χ4n) is 8.81. The summed E-state index contributed by atoms with van der Waals surface area (Å²) in [5, 5.41) is 6.71. The third kappa shape index (κ3) is 4.82. The first kappa shape index (κ1) is 31.6. The summed E-state index contributed by atoms with van der Waals surface area (Å²) >= 11 is 0. The van der Waals surface area contributed by atoms with Gasteiger partial charge in [-0.2, -0.15) is 0 Å². The van der Waals surface area contributed by atoms with Gasteiger partial charge in [-0.05, 0) is 71.8 Å². The van der Waals surface area contributed by atoms with Gasteiger partial charge < -0.3 is 8.98 Å².